The number of hydrogen-bond donors (Lipinski definition) is 1. The molecule has 0 radical (unpaired) electrons. The maximum Gasteiger partial charge on any atom is 0.136 e. The van der Waals surface area contributed by atoms with E-state index in [1.807, 2.05) is 0 Å². The molecule has 0 aliphatic heterocycles. The zero-order valence-corrected chi connectivity index (χ0v) is 3.14. The summed E-state index contributed by atoms with van der Waals surface area (Å²) in [5, 5.41) is 0. The first-order valence-corrected chi connectivity index (χ1v) is 1.48. The molecular weight excluding hydrogens is 66.0 g/mol. The van der Waals surface area contributed by atoms with E-state index in [0.29, 0.717) is 6.29 Å². The third-order valence-corrected chi connectivity index (χ3v) is 0.215. The molecule has 0 saturated heterocycles. The third kappa shape index (κ3) is 3.63. The second-order valence-electron chi connectivity index (χ2n) is 0.995. The molecule has 0 bridgehead atoms. The largest absolute Gasteiger partial charge is 0.322 e. The van der Waals surface area contributed by atoms with Crippen molar-refractivity contribution in [1.29, 1.82) is 0 Å². The lowest BCUT2D eigenvalue weighted by Crippen LogP contribution is -2.15. The van der Waals surface area contributed by atoms with E-state index < -0.39 is 0 Å². The van der Waals surface area contributed by atoms with Crippen LogP contribution < -0.4 is 5.73 Å². The molecule has 0 aliphatic rings. The lowest BCUT2D eigenvalue weighted by Gasteiger charge is -1.80. The summed E-state index contributed by atoms with van der Waals surface area (Å²) < 4.78 is 0. The minimum absolute atomic E-state index is 0.296. The van der Waals surface area contributed by atoms with Gasteiger partial charge in [-0.2, -0.15) is 0 Å². The standard InChI is InChI=1S/C3H7NO/c1-3(4)2-5/h2-3H,4H2,1H3/t3-/m1/s1. The average molecular weight is 73.1 g/mol. The molecule has 0 rings (SSSR count). The summed E-state index contributed by atoms with van der Waals surface area (Å²) in [6.45, 7) is 1.63. The molecule has 5 heavy (non-hydrogen) atoms. The van der Waals surface area contributed by atoms with Gasteiger partial charge in [0.1, 0.15) is 6.29 Å². The van der Waals surface area contributed by atoms with Crippen molar-refractivity contribution < 1.29 is 4.79 Å². The SMILES string of the molecule is C[C@@H](N)C=O. The topological polar surface area (TPSA) is 43.1 Å². The summed E-state index contributed by atoms with van der Waals surface area (Å²) in [6, 6.07) is -0.296. The van der Waals surface area contributed by atoms with E-state index >= 15 is 0 Å². The normalized spacial score (nSPS) is 14.0. The van der Waals surface area contributed by atoms with Crippen LogP contribution in [0.4, 0.5) is 0 Å². The van der Waals surface area contributed by atoms with Crippen molar-refractivity contribution in [3.8, 4) is 0 Å². The maximum atomic E-state index is 9.38. The first-order valence-electron chi connectivity index (χ1n) is 1.48. The van der Waals surface area contributed by atoms with Crippen LogP contribution in [0.2, 0.25) is 0 Å². The Morgan fingerprint density at radius 2 is 2.20 bits per heavy atom. The van der Waals surface area contributed by atoms with E-state index in [-0.39, 0.29) is 6.04 Å². The van der Waals surface area contributed by atoms with Gasteiger partial charge in [0.2, 0.25) is 0 Å². The second kappa shape index (κ2) is 1.91. The van der Waals surface area contributed by atoms with E-state index in [0.717, 1.165) is 0 Å². The second-order valence-corrected chi connectivity index (χ2v) is 0.995. The van der Waals surface area contributed by atoms with Crippen molar-refractivity contribution in [2.24, 2.45) is 5.73 Å². The van der Waals surface area contributed by atoms with Crippen LogP contribution in [0.1, 0.15) is 6.92 Å². The third-order valence-electron chi connectivity index (χ3n) is 0.215. The predicted molar refractivity (Wildman–Crippen MR) is 19.7 cm³/mol. The van der Waals surface area contributed by atoms with Crippen molar-refractivity contribution in [2.45, 2.75) is 13.0 Å². The number of aldehydes is 1. The summed E-state index contributed by atoms with van der Waals surface area (Å²) in [5.41, 5.74) is 4.92. The van der Waals surface area contributed by atoms with Crippen molar-refractivity contribution in [3.05, 3.63) is 0 Å². The average Bonchev–Trinajstić information content (AvgIpc) is 1.38. The lowest BCUT2D eigenvalue weighted by atomic mass is 10.4. The highest BCUT2D eigenvalue weighted by Gasteiger charge is 1.79. The summed E-state index contributed by atoms with van der Waals surface area (Å²) in [5.74, 6) is 0. The van der Waals surface area contributed by atoms with Crippen LogP contribution in [0.25, 0.3) is 0 Å². The van der Waals surface area contributed by atoms with Gasteiger partial charge in [-0.3, -0.25) is 0 Å². The number of carbonyl (C=O) groups is 1. The van der Waals surface area contributed by atoms with E-state index in [1.54, 1.807) is 6.92 Å². The van der Waals surface area contributed by atoms with E-state index in [2.05, 4.69) is 0 Å². The lowest BCUT2D eigenvalue weighted by molar-refractivity contribution is -0.108. The maximum absolute atomic E-state index is 9.38. The van der Waals surface area contributed by atoms with Crippen LogP contribution in [0.5, 0.6) is 0 Å². The Bertz CT molecular complexity index is 33.9. The van der Waals surface area contributed by atoms with Gasteiger partial charge in [-0.15, -0.1) is 0 Å². The molecule has 0 aliphatic carbocycles. The highest BCUT2D eigenvalue weighted by molar-refractivity contribution is 5.55. The van der Waals surface area contributed by atoms with Gasteiger partial charge >= 0.3 is 0 Å². The Morgan fingerprint density at radius 1 is 2.00 bits per heavy atom. The van der Waals surface area contributed by atoms with Crippen molar-refractivity contribution in [1.82, 2.24) is 0 Å². The highest BCUT2D eigenvalue weighted by atomic mass is 16.1. The Balaban J connectivity index is 2.83. The smallest absolute Gasteiger partial charge is 0.136 e. The van der Waals surface area contributed by atoms with Gasteiger partial charge in [-0.1, -0.05) is 0 Å². The zero-order valence-electron chi connectivity index (χ0n) is 3.14. The fourth-order valence-electron chi connectivity index (χ4n) is 0. The van der Waals surface area contributed by atoms with Gasteiger partial charge in [-0.05, 0) is 6.92 Å². The molecule has 1 atom stereocenters. The van der Waals surface area contributed by atoms with Crippen LogP contribution in [-0.2, 0) is 4.79 Å². The zero-order chi connectivity index (χ0) is 4.28. The predicted octanol–water partition coefficient (Wildman–Crippen LogP) is -0.468. The molecule has 2 heteroatoms. The summed E-state index contributed by atoms with van der Waals surface area (Å²) in [4.78, 5) is 9.38. The number of rotatable bonds is 1. The highest BCUT2D eigenvalue weighted by Crippen LogP contribution is 1.55. The van der Waals surface area contributed by atoms with Crippen molar-refractivity contribution in [3.63, 3.8) is 0 Å². The number of carbonyl (C=O) groups excluding carboxylic acids is 1. The molecule has 0 fully saturated rings. The van der Waals surface area contributed by atoms with Gasteiger partial charge < -0.3 is 10.5 Å². The van der Waals surface area contributed by atoms with Crippen LogP contribution >= 0.6 is 0 Å². The molecule has 0 aromatic rings. The quantitative estimate of drug-likeness (QED) is 0.426. The van der Waals surface area contributed by atoms with Crippen molar-refractivity contribution >= 4 is 6.29 Å². The monoisotopic (exact) mass is 73.1 g/mol. The Labute approximate surface area is 31.0 Å². The van der Waals surface area contributed by atoms with E-state index in [4.69, 9.17) is 5.73 Å². The molecular formula is C3H7NO. The minimum atomic E-state index is -0.296. The Morgan fingerprint density at radius 3 is 2.20 bits per heavy atom. The fraction of sp³-hybridized carbons (Fsp3) is 0.667. The van der Waals surface area contributed by atoms with Crippen LogP contribution in [0, 0.1) is 0 Å². The van der Waals surface area contributed by atoms with Crippen molar-refractivity contribution in [2.75, 3.05) is 0 Å². The summed E-state index contributed by atoms with van der Waals surface area (Å²) >= 11 is 0. The summed E-state index contributed by atoms with van der Waals surface area (Å²) in [6.07, 6.45) is 0.694. The fourth-order valence-corrected chi connectivity index (χ4v) is 0. The van der Waals surface area contributed by atoms with Gasteiger partial charge in [0, 0.05) is 0 Å². The molecule has 2 N–H and O–H groups in total. The van der Waals surface area contributed by atoms with Gasteiger partial charge in [0.25, 0.3) is 0 Å². The Hall–Kier alpha value is -0.370. The van der Waals surface area contributed by atoms with Gasteiger partial charge in [-0.25, -0.2) is 0 Å². The first-order chi connectivity index (χ1) is 2.27. The number of nitrogens with two attached hydrogens (primary N) is 1. The van der Waals surface area contributed by atoms with Crippen LogP contribution in [0.3, 0.4) is 0 Å². The molecule has 0 spiro atoms. The van der Waals surface area contributed by atoms with Gasteiger partial charge in [0.15, 0.2) is 0 Å². The van der Waals surface area contributed by atoms with Gasteiger partial charge in [0.05, 0.1) is 6.04 Å². The molecule has 0 aromatic heterocycles. The molecule has 0 aromatic carbocycles. The first kappa shape index (κ1) is 4.63. The molecule has 0 heterocycles. The van der Waals surface area contributed by atoms with Crippen LogP contribution in [0.15, 0.2) is 0 Å². The van der Waals surface area contributed by atoms with E-state index in [1.165, 1.54) is 0 Å². The molecule has 0 amide bonds. The Kier molecular flexibility index (Phi) is 1.76. The number of hydrogen-bond acceptors (Lipinski definition) is 2. The summed E-state index contributed by atoms with van der Waals surface area (Å²) in [7, 11) is 0. The molecule has 0 unspecified atom stereocenters. The molecule has 30 valence electrons. The van der Waals surface area contributed by atoms with Crippen LogP contribution in [-0.4, -0.2) is 12.3 Å². The molecule has 0 saturated carbocycles. The minimum Gasteiger partial charge on any atom is -0.322 e. The van der Waals surface area contributed by atoms with E-state index in [9.17, 15) is 4.79 Å². The molecule has 2 nitrogen and oxygen atoms in total.